The molecule has 33 heavy (non-hydrogen) atoms. The number of fused-ring (bicyclic) bond motifs is 1. The maximum Gasteiger partial charge on any atom is 0.123 e. The third-order valence-corrected chi connectivity index (χ3v) is 6.46. The number of hydrogen-bond donors (Lipinski definition) is 0. The minimum Gasteiger partial charge on any atom is -0.207 e. The molecule has 0 heterocycles. The van der Waals surface area contributed by atoms with Gasteiger partial charge < -0.3 is 0 Å². The third kappa shape index (κ3) is 9.11. The Bertz CT molecular complexity index is 796. The van der Waals surface area contributed by atoms with Gasteiger partial charge in [-0.15, -0.1) is 6.58 Å². The summed E-state index contributed by atoms with van der Waals surface area (Å²) in [6, 6.07) is 6.40. The van der Waals surface area contributed by atoms with Gasteiger partial charge >= 0.3 is 0 Å². The van der Waals surface area contributed by atoms with Crippen LogP contribution in [0.15, 0.2) is 70.4 Å². The lowest BCUT2D eigenvalue weighted by atomic mass is 9.82. The van der Waals surface area contributed by atoms with Crippen LogP contribution in [0.5, 0.6) is 0 Å². The van der Waals surface area contributed by atoms with E-state index in [0.29, 0.717) is 5.92 Å². The van der Waals surface area contributed by atoms with E-state index in [1.165, 1.54) is 75.5 Å². The van der Waals surface area contributed by atoms with Crippen molar-refractivity contribution < 1.29 is 4.39 Å². The van der Waals surface area contributed by atoms with Gasteiger partial charge in [0.25, 0.3) is 0 Å². The summed E-state index contributed by atoms with van der Waals surface area (Å²) in [5.74, 6) is 0.468. The lowest BCUT2D eigenvalue weighted by Gasteiger charge is -2.22. The van der Waals surface area contributed by atoms with E-state index in [2.05, 4.69) is 40.3 Å². The number of rotatable bonds is 9. The highest BCUT2D eigenvalue weighted by molar-refractivity contribution is 5.62. The summed E-state index contributed by atoms with van der Waals surface area (Å²) in [7, 11) is 0. The summed E-state index contributed by atoms with van der Waals surface area (Å²) >= 11 is 0. The van der Waals surface area contributed by atoms with Gasteiger partial charge in [-0.05, 0) is 88.1 Å². The molecule has 0 amide bonds. The molecule has 3 rings (SSSR count). The maximum atomic E-state index is 12.1. The molecule has 1 aromatic carbocycles. The molecule has 0 aromatic heterocycles. The molecule has 2 aliphatic carbocycles. The molecule has 0 fully saturated rings. The molecule has 0 spiro atoms. The van der Waals surface area contributed by atoms with Crippen LogP contribution < -0.4 is 0 Å². The van der Waals surface area contributed by atoms with Crippen molar-refractivity contribution in [3.63, 3.8) is 0 Å². The second-order valence-corrected chi connectivity index (χ2v) is 9.42. The zero-order valence-corrected chi connectivity index (χ0v) is 22.6. The number of unbranched alkanes of at least 4 members (excludes halogenated alkanes) is 3. The summed E-state index contributed by atoms with van der Waals surface area (Å²) in [6.45, 7) is 19.4. The van der Waals surface area contributed by atoms with Crippen molar-refractivity contribution >= 4 is 0 Å². The first-order chi connectivity index (χ1) is 15.9. The van der Waals surface area contributed by atoms with Crippen molar-refractivity contribution in [2.45, 2.75) is 113 Å². The highest BCUT2D eigenvalue weighted by atomic mass is 19.1. The first-order valence-corrected chi connectivity index (χ1v) is 13.4. The number of hydrogen-bond acceptors (Lipinski definition) is 0. The quantitative estimate of drug-likeness (QED) is 0.258. The monoisotopic (exact) mass is 452 g/mol. The molecule has 0 nitrogen and oxygen atoms in total. The van der Waals surface area contributed by atoms with Crippen LogP contribution in [0, 0.1) is 18.7 Å². The van der Waals surface area contributed by atoms with Gasteiger partial charge in [-0.1, -0.05) is 93.9 Å². The highest BCUT2D eigenvalue weighted by Gasteiger charge is 2.34. The molecule has 0 saturated carbocycles. The predicted octanol–water partition coefficient (Wildman–Crippen LogP) is 10.8. The van der Waals surface area contributed by atoms with Crippen LogP contribution in [0.1, 0.15) is 111 Å². The molecule has 1 unspecified atom stereocenters. The predicted molar refractivity (Wildman–Crippen MR) is 146 cm³/mol. The molecule has 2 aliphatic rings. The van der Waals surface area contributed by atoms with Gasteiger partial charge in [-0.2, -0.15) is 0 Å². The molecular weight excluding hydrogens is 403 g/mol. The van der Waals surface area contributed by atoms with Gasteiger partial charge in [0.2, 0.25) is 0 Å². The fraction of sp³-hybridized carbons (Fsp3) is 0.562. The zero-order chi connectivity index (χ0) is 24.8. The first-order valence-electron chi connectivity index (χ1n) is 13.4. The molecule has 1 atom stereocenters. The lowest BCUT2D eigenvalue weighted by molar-refractivity contribution is 0.627. The Morgan fingerprint density at radius 3 is 2.18 bits per heavy atom. The Morgan fingerprint density at radius 2 is 1.64 bits per heavy atom. The van der Waals surface area contributed by atoms with E-state index < -0.39 is 0 Å². The van der Waals surface area contributed by atoms with Crippen molar-refractivity contribution in [1.29, 1.82) is 0 Å². The fourth-order valence-corrected chi connectivity index (χ4v) is 4.96. The Balaban J connectivity index is 0.000000454. The molecule has 0 N–H and O–H groups in total. The van der Waals surface area contributed by atoms with Gasteiger partial charge in [0, 0.05) is 5.92 Å². The number of benzene rings is 1. The van der Waals surface area contributed by atoms with E-state index in [0.717, 1.165) is 12.0 Å². The van der Waals surface area contributed by atoms with Crippen LogP contribution in [-0.4, -0.2) is 0 Å². The van der Waals surface area contributed by atoms with Crippen molar-refractivity contribution in [2.24, 2.45) is 5.92 Å². The summed E-state index contributed by atoms with van der Waals surface area (Å²) in [5.41, 5.74) is 10.9. The van der Waals surface area contributed by atoms with Crippen molar-refractivity contribution in [1.82, 2.24) is 0 Å². The van der Waals surface area contributed by atoms with E-state index in [1.54, 1.807) is 40.0 Å². The zero-order valence-electron chi connectivity index (χ0n) is 22.6. The average molecular weight is 453 g/mol. The molecule has 0 bridgehead atoms. The van der Waals surface area contributed by atoms with E-state index in [9.17, 15) is 4.39 Å². The van der Waals surface area contributed by atoms with E-state index in [4.69, 9.17) is 0 Å². The van der Waals surface area contributed by atoms with Crippen LogP contribution in [-0.2, 0) is 0 Å². The molecule has 1 aromatic rings. The molecule has 0 saturated heterocycles. The van der Waals surface area contributed by atoms with Gasteiger partial charge in [0.15, 0.2) is 0 Å². The standard InChI is InChI=1S/C23H36.C7H7F.C2H6/c1-6-8-9-10-14-20-19(12-7-2)22(16-17(3)4)23-18(5)13-11-15-21(20)23;1-6-2-4-7(8)5-3-6;1-2/h15,22H,3,6-14,16H2,1-2,4-5H3;2-5H,1H3;1-2H3. The van der Waals surface area contributed by atoms with Crippen LogP contribution in [0.2, 0.25) is 0 Å². The molecular formula is C32H49F. The normalized spacial score (nSPS) is 17.0. The molecule has 0 radical (unpaired) electrons. The SMILES string of the molecule is C=C(C)CC1C(CCC)=C(CCCCCC)C2=CCCC(C)=C21.CC.Cc1ccc(F)cc1. The summed E-state index contributed by atoms with van der Waals surface area (Å²) in [6.07, 6.45) is 15.5. The van der Waals surface area contributed by atoms with Crippen molar-refractivity contribution in [3.8, 4) is 0 Å². The van der Waals surface area contributed by atoms with Gasteiger partial charge in [0.1, 0.15) is 5.82 Å². The summed E-state index contributed by atoms with van der Waals surface area (Å²) in [5, 5.41) is 0. The Hall–Kier alpha value is -1.89. The minimum absolute atomic E-state index is 0.171. The molecule has 184 valence electrons. The minimum atomic E-state index is -0.171. The number of aryl methyl sites for hydroxylation is 1. The Kier molecular flexibility index (Phi) is 14.0. The van der Waals surface area contributed by atoms with E-state index in [-0.39, 0.29) is 5.82 Å². The Morgan fingerprint density at radius 1 is 0.970 bits per heavy atom. The second kappa shape index (κ2) is 15.9. The largest absolute Gasteiger partial charge is 0.207 e. The number of halogens is 1. The van der Waals surface area contributed by atoms with Crippen molar-refractivity contribution in [3.05, 3.63) is 81.7 Å². The maximum absolute atomic E-state index is 12.1. The van der Waals surface area contributed by atoms with Gasteiger partial charge in [0.05, 0.1) is 0 Å². The Labute approximate surface area is 204 Å². The smallest absolute Gasteiger partial charge is 0.123 e. The third-order valence-electron chi connectivity index (χ3n) is 6.46. The lowest BCUT2D eigenvalue weighted by Crippen LogP contribution is -2.07. The van der Waals surface area contributed by atoms with Crippen LogP contribution in [0.3, 0.4) is 0 Å². The second-order valence-electron chi connectivity index (χ2n) is 9.42. The van der Waals surface area contributed by atoms with Gasteiger partial charge in [-0.3, -0.25) is 0 Å². The highest BCUT2D eigenvalue weighted by Crippen LogP contribution is 2.50. The first kappa shape index (κ1) is 29.1. The van der Waals surface area contributed by atoms with Crippen LogP contribution in [0.25, 0.3) is 0 Å². The van der Waals surface area contributed by atoms with Gasteiger partial charge in [-0.25, -0.2) is 4.39 Å². The molecule has 1 heteroatoms. The van der Waals surface area contributed by atoms with Crippen LogP contribution in [0.4, 0.5) is 4.39 Å². The van der Waals surface area contributed by atoms with E-state index in [1.807, 2.05) is 20.8 Å². The summed E-state index contributed by atoms with van der Waals surface area (Å²) in [4.78, 5) is 0. The fourth-order valence-electron chi connectivity index (χ4n) is 4.96. The summed E-state index contributed by atoms with van der Waals surface area (Å²) < 4.78 is 12.1. The van der Waals surface area contributed by atoms with Crippen LogP contribution >= 0.6 is 0 Å². The van der Waals surface area contributed by atoms with Crippen molar-refractivity contribution in [2.75, 3.05) is 0 Å². The number of allylic oxidation sites excluding steroid dienone is 7. The molecule has 0 aliphatic heterocycles. The average Bonchev–Trinajstić information content (AvgIpc) is 3.08. The topological polar surface area (TPSA) is 0 Å². The van der Waals surface area contributed by atoms with E-state index >= 15 is 0 Å².